The third-order valence-electron chi connectivity index (χ3n) is 1.83. The summed E-state index contributed by atoms with van der Waals surface area (Å²) in [4.78, 5) is 1.53. The van der Waals surface area contributed by atoms with Crippen molar-refractivity contribution in [2.24, 2.45) is 0 Å². The van der Waals surface area contributed by atoms with Gasteiger partial charge < -0.3 is 4.72 Å². The van der Waals surface area contributed by atoms with Crippen LogP contribution in [0.5, 0.6) is 0 Å². The first kappa shape index (κ1) is 5.42. The van der Waals surface area contributed by atoms with E-state index in [-0.39, 0.29) is 0 Å². The molecular weight excluding hydrogens is 130 g/mol. The third kappa shape index (κ3) is 0.697. The molecule has 48 valence electrons. The first-order chi connectivity index (χ1) is 4.38. The highest BCUT2D eigenvalue weighted by atomic mass is 32.2. The fourth-order valence-electron chi connectivity index (χ4n) is 1.33. The van der Waals surface area contributed by atoms with Crippen molar-refractivity contribution >= 4 is 11.9 Å². The number of hydrogen-bond acceptors (Lipinski definition) is 2. The minimum atomic E-state index is 1.15. The van der Waals surface area contributed by atoms with E-state index < -0.39 is 0 Å². The van der Waals surface area contributed by atoms with E-state index >= 15 is 0 Å². The predicted octanol–water partition coefficient (Wildman–Crippen LogP) is 2.19. The Labute approximate surface area is 59.3 Å². The molecule has 0 spiro atoms. The maximum absolute atomic E-state index is 3.91. The molecule has 2 rings (SSSR count). The van der Waals surface area contributed by atoms with Crippen LogP contribution < -0.4 is 4.72 Å². The van der Waals surface area contributed by atoms with Gasteiger partial charge in [-0.3, -0.25) is 0 Å². The summed E-state index contributed by atoms with van der Waals surface area (Å²) in [6, 6.07) is 0. The summed E-state index contributed by atoms with van der Waals surface area (Å²) in [7, 11) is 0. The maximum Gasteiger partial charge on any atom is 0.0411 e. The number of hydrogen-bond donors (Lipinski definition) is 1. The van der Waals surface area contributed by atoms with Crippen molar-refractivity contribution in [1.29, 1.82) is 0 Å². The van der Waals surface area contributed by atoms with Crippen LogP contribution in [0.15, 0.2) is 22.8 Å². The molecule has 0 atom stereocenters. The monoisotopic (exact) mass is 139 g/mol. The number of nitrogens with one attached hydrogen (secondary N) is 1. The SMILES string of the molecule is C=C1NSC2=C1CCC2. The van der Waals surface area contributed by atoms with E-state index in [4.69, 9.17) is 0 Å². The van der Waals surface area contributed by atoms with E-state index in [1.807, 2.05) is 0 Å². The van der Waals surface area contributed by atoms with Gasteiger partial charge in [0.25, 0.3) is 0 Å². The maximum atomic E-state index is 3.91. The zero-order valence-electron chi connectivity index (χ0n) is 5.24. The Morgan fingerprint density at radius 3 is 3.11 bits per heavy atom. The molecule has 0 aromatic carbocycles. The standard InChI is InChI=1S/C7H9NS/c1-5-6-3-2-4-7(6)9-8-5/h8H,1-4H2. The Hall–Kier alpha value is -0.370. The minimum Gasteiger partial charge on any atom is -0.326 e. The lowest BCUT2D eigenvalue weighted by Gasteiger charge is -1.98. The molecule has 0 saturated carbocycles. The normalized spacial score (nSPS) is 24.7. The molecule has 9 heavy (non-hydrogen) atoms. The van der Waals surface area contributed by atoms with Crippen molar-refractivity contribution in [3.63, 3.8) is 0 Å². The lowest BCUT2D eigenvalue weighted by atomic mass is 10.2. The number of rotatable bonds is 0. The summed E-state index contributed by atoms with van der Waals surface area (Å²) < 4.78 is 3.17. The first-order valence-electron chi connectivity index (χ1n) is 3.22. The van der Waals surface area contributed by atoms with Crippen LogP contribution in [0.4, 0.5) is 0 Å². The van der Waals surface area contributed by atoms with Gasteiger partial charge in [0.05, 0.1) is 0 Å². The Bertz CT molecular complexity index is 193. The van der Waals surface area contributed by atoms with Crippen LogP contribution in [-0.2, 0) is 0 Å². The fraction of sp³-hybridized carbons (Fsp3) is 0.429. The molecule has 0 saturated heterocycles. The molecule has 0 aromatic rings. The molecule has 1 aliphatic carbocycles. The molecule has 0 fully saturated rings. The van der Waals surface area contributed by atoms with Gasteiger partial charge in [0.15, 0.2) is 0 Å². The van der Waals surface area contributed by atoms with Gasteiger partial charge in [0, 0.05) is 10.6 Å². The first-order valence-corrected chi connectivity index (χ1v) is 4.04. The summed E-state index contributed by atoms with van der Waals surface area (Å²) in [5, 5.41) is 0. The van der Waals surface area contributed by atoms with Crippen molar-refractivity contribution in [1.82, 2.24) is 4.72 Å². The molecule has 1 aliphatic heterocycles. The van der Waals surface area contributed by atoms with Gasteiger partial charge in [0.1, 0.15) is 0 Å². The zero-order valence-corrected chi connectivity index (χ0v) is 6.05. The topological polar surface area (TPSA) is 12.0 Å². The van der Waals surface area contributed by atoms with Crippen molar-refractivity contribution < 1.29 is 0 Å². The van der Waals surface area contributed by atoms with E-state index in [0.29, 0.717) is 0 Å². The second-order valence-corrected chi connectivity index (χ2v) is 3.34. The quantitative estimate of drug-likeness (QED) is 0.516. The van der Waals surface area contributed by atoms with Crippen LogP contribution >= 0.6 is 11.9 Å². The highest BCUT2D eigenvalue weighted by molar-refractivity contribution is 8.01. The van der Waals surface area contributed by atoms with E-state index in [9.17, 15) is 0 Å². The summed E-state index contributed by atoms with van der Waals surface area (Å²) in [5.74, 6) is 0. The van der Waals surface area contributed by atoms with Crippen molar-refractivity contribution in [3.05, 3.63) is 22.8 Å². The number of allylic oxidation sites excluding steroid dienone is 2. The van der Waals surface area contributed by atoms with Gasteiger partial charge in [-0.15, -0.1) is 0 Å². The van der Waals surface area contributed by atoms with Gasteiger partial charge in [-0.05, 0) is 36.8 Å². The van der Waals surface area contributed by atoms with Crippen molar-refractivity contribution in [3.8, 4) is 0 Å². The lowest BCUT2D eigenvalue weighted by Crippen LogP contribution is -1.95. The smallest absolute Gasteiger partial charge is 0.0411 e. The van der Waals surface area contributed by atoms with Crippen molar-refractivity contribution in [2.45, 2.75) is 19.3 Å². The van der Waals surface area contributed by atoms with E-state index in [2.05, 4.69) is 11.3 Å². The molecule has 0 amide bonds. The Morgan fingerprint density at radius 2 is 2.33 bits per heavy atom. The highest BCUT2D eigenvalue weighted by Crippen LogP contribution is 2.41. The molecular formula is C7H9NS. The van der Waals surface area contributed by atoms with Crippen molar-refractivity contribution in [2.75, 3.05) is 0 Å². The minimum absolute atomic E-state index is 1.15. The van der Waals surface area contributed by atoms with Gasteiger partial charge in [-0.2, -0.15) is 0 Å². The molecule has 2 heteroatoms. The lowest BCUT2D eigenvalue weighted by molar-refractivity contribution is 0.897. The largest absolute Gasteiger partial charge is 0.326 e. The Kier molecular flexibility index (Phi) is 1.09. The summed E-state index contributed by atoms with van der Waals surface area (Å²) >= 11 is 1.75. The Balaban J connectivity index is 2.34. The van der Waals surface area contributed by atoms with E-state index in [1.165, 1.54) is 29.7 Å². The summed E-state index contributed by atoms with van der Waals surface area (Å²) in [5.41, 5.74) is 2.63. The van der Waals surface area contributed by atoms with Crippen LogP contribution in [0, 0.1) is 0 Å². The summed E-state index contributed by atoms with van der Waals surface area (Å²) in [6.45, 7) is 3.91. The molecule has 1 nitrogen and oxygen atoms in total. The Morgan fingerprint density at radius 1 is 1.44 bits per heavy atom. The highest BCUT2D eigenvalue weighted by Gasteiger charge is 2.22. The van der Waals surface area contributed by atoms with Gasteiger partial charge in [-0.1, -0.05) is 6.58 Å². The average molecular weight is 139 g/mol. The van der Waals surface area contributed by atoms with E-state index in [0.717, 1.165) is 5.70 Å². The zero-order chi connectivity index (χ0) is 6.27. The van der Waals surface area contributed by atoms with Crippen LogP contribution in [0.1, 0.15) is 19.3 Å². The third-order valence-corrected chi connectivity index (χ3v) is 2.87. The molecule has 0 radical (unpaired) electrons. The van der Waals surface area contributed by atoms with Gasteiger partial charge >= 0.3 is 0 Å². The van der Waals surface area contributed by atoms with Crippen LogP contribution in [0.2, 0.25) is 0 Å². The van der Waals surface area contributed by atoms with Crippen LogP contribution in [0.25, 0.3) is 0 Å². The van der Waals surface area contributed by atoms with Crippen LogP contribution in [0.3, 0.4) is 0 Å². The van der Waals surface area contributed by atoms with Gasteiger partial charge in [-0.25, -0.2) is 0 Å². The molecule has 1 heterocycles. The molecule has 0 aromatic heterocycles. The molecule has 0 bridgehead atoms. The second-order valence-electron chi connectivity index (χ2n) is 2.44. The van der Waals surface area contributed by atoms with Gasteiger partial charge in [0.2, 0.25) is 0 Å². The molecule has 0 unspecified atom stereocenters. The molecule has 1 N–H and O–H groups in total. The molecule has 2 aliphatic rings. The van der Waals surface area contributed by atoms with Crippen LogP contribution in [-0.4, -0.2) is 0 Å². The predicted molar refractivity (Wildman–Crippen MR) is 40.7 cm³/mol. The fourth-order valence-corrected chi connectivity index (χ4v) is 2.30. The second kappa shape index (κ2) is 1.81. The average Bonchev–Trinajstić information content (AvgIpc) is 2.35. The summed E-state index contributed by atoms with van der Waals surface area (Å²) in [6.07, 6.45) is 3.85. The van der Waals surface area contributed by atoms with E-state index in [1.54, 1.807) is 11.9 Å².